The molecule has 4 aliphatic heterocycles. The Bertz CT molecular complexity index is 3510. The Morgan fingerprint density at radius 2 is 0.726 bits per heavy atom. The zero-order valence-corrected chi connectivity index (χ0v) is 34.9. The van der Waals surface area contributed by atoms with Gasteiger partial charge in [-0.1, -0.05) is 115 Å². The van der Waals surface area contributed by atoms with Gasteiger partial charge in [0.1, 0.15) is 0 Å². The van der Waals surface area contributed by atoms with Gasteiger partial charge in [-0.25, -0.2) is 0 Å². The maximum absolute atomic E-state index is 2.61. The molecule has 0 fully saturated rings. The highest BCUT2D eigenvalue weighted by molar-refractivity contribution is 8.28. The highest BCUT2D eigenvalue weighted by Crippen LogP contribution is 2.50. The third-order valence-corrected chi connectivity index (χ3v) is 16.3. The molecule has 4 nitrogen and oxygen atoms in total. The first-order valence-electron chi connectivity index (χ1n) is 21.3. The maximum Gasteiger partial charge on any atom is 0.287 e. The Labute approximate surface area is 367 Å². The van der Waals surface area contributed by atoms with Crippen LogP contribution in [0.5, 0.6) is 0 Å². The molecule has 4 aliphatic rings. The van der Waals surface area contributed by atoms with Crippen molar-refractivity contribution in [2.75, 3.05) is 9.80 Å². The minimum Gasteiger partial charge on any atom is -0.311 e. The molecule has 286 valence electrons. The summed E-state index contributed by atoms with van der Waals surface area (Å²) < 4.78 is 5.11. The molecule has 6 heterocycles. The monoisotopic (exact) mass is 822 g/mol. The zero-order valence-electron chi connectivity index (χ0n) is 33.2. The lowest BCUT2D eigenvalue weighted by Crippen LogP contribution is -2.54. The van der Waals surface area contributed by atoms with Crippen molar-refractivity contribution in [3.05, 3.63) is 194 Å². The third kappa shape index (κ3) is 4.28. The van der Waals surface area contributed by atoms with Crippen molar-refractivity contribution in [3.63, 3.8) is 0 Å². The molecule has 2 aromatic heterocycles. The van der Waals surface area contributed by atoms with E-state index >= 15 is 0 Å². The first-order valence-corrected chi connectivity index (χ1v) is 23.1. The van der Waals surface area contributed by atoms with Crippen LogP contribution in [0.2, 0.25) is 0 Å². The molecular weight excluding hydrogens is 790 g/mol. The fourth-order valence-corrected chi connectivity index (χ4v) is 14.1. The Balaban J connectivity index is 1.06. The molecule has 0 bridgehead atoms. The van der Waals surface area contributed by atoms with Crippen LogP contribution < -0.4 is 31.7 Å². The van der Waals surface area contributed by atoms with Crippen LogP contribution in [-0.2, 0) is 0 Å². The average Bonchev–Trinajstić information content (AvgIpc) is 3.73. The number of para-hydroxylation sites is 6. The SMILES string of the molecule is c1ccc(N2c3cc4c(cc3B3Sc5cccc6c7ccccc7n(c56)-c5cccc2c53)B2Sc3cccc5c6ccccc6n(c35)-c3cccc(c32)N4c2ccccc2)cc1. The molecule has 15 rings (SSSR count). The van der Waals surface area contributed by atoms with Crippen LogP contribution in [0, 0.1) is 0 Å². The van der Waals surface area contributed by atoms with E-state index in [2.05, 4.69) is 213 Å². The lowest BCUT2D eigenvalue weighted by Gasteiger charge is -2.41. The molecule has 0 saturated carbocycles. The first kappa shape index (κ1) is 33.7. The van der Waals surface area contributed by atoms with Gasteiger partial charge in [-0.2, -0.15) is 23.2 Å². The van der Waals surface area contributed by atoms with Gasteiger partial charge in [0, 0.05) is 76.8 Å². The van der Waals surface area contributed by atoms with Crippen LogP contribution in [0.3, 0.4) is 0 Å². The van der Waals surface area contributed by atoms with E-state index < -0.39 is 0 Å². The molecule has 0 unspecified atom stereocenters. The number of benzene rings is 9. The first-order chi connectivity index (χ1) is 30.8. The van der Waals surface area contributed by atoms with Crippen LogP contribution in [0.4, 0.5) is 34.1 Å². The lowest BCUT2D eigenvalue weighted by atomic mass is 9.52. The minimum absolute atomic E-state index is 0.0458. The van der Waals surface area contributed by atoms with Crippen LogP contribution in [0.25, 0.3) is 55.0 Å². The Kier molecular flexibility index (Phi) is 6.69. The van der Waals surface area contributed by atoms with Crippen molar-refractivity contribution in [2.24, 2.45) is 0 Å². The summed E-state index contributed by atoms with van der Waals surface area (Å²) in [7, 11) is 0. The number of fused-ring (bicyclic) bond motifs is 12. The fraction of sp³-hybridized carbons (Fsp3) is 0. The standard InChI is InChI=1S/C54H32B2N4S2/c1-3-15-33(16-4-1)57-43-25-13-27-45-51(43)55(61-49-29-11-21-37-35-19-7-9-23-41(35)59(45)53(37)49)39-31-40-48(32-47(39)57)58(34-17-5-2-6-18-34)44-26-14-28-46-52(44)56(40)62-50-30-12-22-38-36-20-8-10-24-42(36)60(46)54(38)50/h1-32H. The molecule has 0 spiro atoms. The van der Waals surface area contributed by atoms with Crippen LogP contribution in [0.1, 0.15) is 0 Å². The molecule has 0 radical (unpaired) electrons. The quantitative estimate of drug-likeness (QED) is 0.161. The molecule has 11 aromatic rings. The second-order valence-corrected chi connectivity index (χ2v) is 19.0. The van der Waals surface area contributed by atoms with Gasteiger partial charge in [0.25, 0.3) is 12.0 Å². The number of rotatable bonds is 2. The number of aromatic nitrogens is 2. The molecule has 62 heavy (non-hydrogen) atoms. The van der Waals surface area contributed by atoms with Gasteiger partial charge in [-0.05, 0) is 101 Å². The second kappa shape index (κ2) is 12.3. The molecule has 9 aromatic carbocycles. The van der Waals surface area contributed by atoms with Crippen LogP contribution >= 0.6 is 23.2 Å². The van der Waals surface area contributed by atoms with Gasteiger partial charge in [0.15, 0.2) is 0 Å². The molecule has 0 amide bonds. The third-order valence-electron chi connectivity index (χ3n) is 13.7. The van der Waals surface area contributed by atoms with E-state index in [1.54, 1.807) is 0 Å². The molecular formula is C54H32B2N4S2. The van der Waals surface area contributed by atoms with Gasteiger partial charge in [0.2, 0.25) is 0 Å². The average molecular weight is 823 g/mol. The summed E-state index contributed by atoms with van der Waals surface area (Å²) in [6.07, 6.45) is 0. The molecule has 0 saturated heterocycles. The summed E-state index contributed by atoms with van der Waals surface area (Å²) in [5.74, 6) is 0.0916. The summed E-state index contributed by atoms with van der Waals surface area (Å²) in [4.78, 5) is 7.70. The molecule has 0 aliphatic carbocycles. The van der Waals surface area contributed by atoms with Gasteiger partial charge < -0.3 is 18.9 Å². The largest absolute Gasteiger partial charge is 0.311 e. The highest BCUT2D eigenvalue weighted by atomic mass is 32.2. The van der Waals surface area contributed by atoms with Crippen molar-refractivity contribution in [1.29, 1.82) is 0 Å². The zero-order chi connectivity index (χ0) is 40.2. The minimum atomic E-state index is 0.0458. The van der Waals surface area contributed by atoms with Crippen molar-refractivity contribution in [1.82, 2.24) is 9.13 Å². The number of nitrogens with zero attached hydrogens (tertiary/aromatic N) is 4. The van der Waals surface area contributed by atoms with Crippen molar-refractivity contribution >= 4 is 135 Å². The van der Waals surface area contributed by atoms with Crippen LogP contribution in [0.15, 0.2) is 204 Å². The predicted molar refractivity (Wildman–Crippen MR) is 266 cm³/mol. The van der Waals surface area contributed by atoms with Gasteiger partial charge in [0.05, 0.1) is 22.1 Å². The van der Waals surface area contributed by atoms with E-state index in [4.69, 9.17) is 0 Å². The Hall–Kier alpha value is -6.99. The number of hydrogen-bond donors (Lipinski definition) is 0. The van der Waals surface area contributed by atoms with Crippen LogP contribution in [-0.4, -0.2) is 21.1 Å². The topological polar surface area (TPSA) is 16.3 Å². The van der Waals surface area contributed by atoms with E-state index in [9.17, 15) is 0 Å². The van der Waals surface area contributed by atoms with E-state index in [1.165, 1.54) is 109 Å². The van der Waals surface area contributed by atoms with E-state index in [1.807, 2.05) is 23.2 Å². The van der Waals surface area contributed by atoms with Crippen molar-refractivity contribution in [3.8, 4) is 11.4 Å². The smallest absolute Gasteiger partial charge is 0.287 e. The second-order valence-electron chi connectivity index (χ2n) is 16.7. The summed E-state index contributed by atoms with van der Waals surface area (Å²) >= 11 is 4.03. The van der Waals surface area contributed by atoms with Gasteiger partial charge in [-0.3, -0.25) is 0 Å². The normalized spacial score (nSPS) is 14.2. The van der Waals surface area contributed by atoms with Crippen molar-refractivity contribution < 1.29 is 0 Å². The van der Waals surface area contributed by atoms with E-state index in [-0.39, 0.29) is 12.0 Å². The fourth-order valence-electron chi connectivity index (χ4n) is 11.3. The Morgan fingerprint density at radius 3 is 1.21 bits per heavy atom. The number of hydrogen-bond acceptors (Lipinski definition) is 4. The summed E-state index contributed by atoms with van der Waals surface area (Å²) in [6.45, 7) is 0. The molecule has 8 heteroatoms. The van der Waals surface area contributed by atoms with Crippen molar-refractivity contribution in [2.45, 2.75) is 9.79 Å². The predicted octanol–water partition coefficient (Wildman–Crippen LogP) is 11.9. The maximum atomic E-state index is 2.61. The molecule has 0 atom stereocenters. The summed E-state index contributed by atoms with van der Waals surface area (Å²) in [5, 5.41) is 5.19. The van der Waals surface area contributed by atoms with E-state index in [0.29, 0.717) is 0 Å². The van der Waals surface area contributed by atoms with E-state index in [0.717, 1.165) is 11.4 Å². The lowest BCUT2D eigenvalue weighted by molar-refractivity contribution is 1.16. The summed E-state index contributed by atoms with van der Waals surface area (Å²) in [5.41, 5.74) is 20.2. The van der Waals surface area contributed by atoms with Gasteiger partial charge >= 0.3 is 0 Å². The highest BCUT2D eigenvalue weighted by Gasteiger charge is 2.45. The summed E-state index contributed by atoms with van der Waals surface area (Å²) in [6, 6.07) is 72.7. The Morgan fingerprint density at radius 1 is 0.323 bits per heavy atom. The van der Waals surface area contributed by atoms with Gasteiger partial charge in [-0.15, -0.1) is 0 Å². The molecule has 0 N–H and O–H groups in total. The number of anilines is 6.